The van der Waals surface area contributed by atoms with E-state index in [1.807, 2.05) is 6.92 Å². The molecule has 2 heterocycles. The van der Waals surface area contributed by atoms with Crippen molar-refractivity contribution in [3.63, 3.8) is 0 Å². The number of hydrogen-bond donors (Lipinski definition) is 3. The minimum absolute atomic E-state index is 0.0986. The normalized spacial score (nSPS) is 35.9. The molecule has 1 fully saturated rings. The molecule has 0 amide bonds. The van der Waals surface area contributed by atoms with Gasteiger partial charge < -0.3 is 20.7 Å². The number of nitrogen functional groups attached to an aromatic ring is 1. The second-order valence-electron chi connectivity index (χ2n) is 4.65. The molecule has 1 saturated heterocycles. The molecule has 7 heteroatoms. The van der Waals surface area contributed by atoms with Crippen molar-refractivity contribution in [3.8, 4) is 0 Å². The molecule has 4 N–H and O–H groups in total. The summed E-state index contributed by atoms with van der Waals surface area (Å²) in [6, 6.07) is 1.44. The largest absolute Gasteiger partial charge is 0.387 e. The molecule has 0 saturated carbocycles. The molecule has 4 atom stereocenters. The highest BCUT2D eigenvalue weighted by Gasteiger charge is 2.52. The van der Waals surface area contributed by atoms with Crippen molar-refractivity contribution >= 4 is 5.82 Å². The molecule has 0 bridgehead atoms. The Bertz CT molecular complexity index is 499. The van der Waals surface area contributed by atoms with Crippen LogP contribution in [0.15, 0.2) is 17.1 Å². The van der Waals surface area contributed by atoms with Gasteiger partial charge in [-0.3, -0.25) is 4.57 Å². The van der Waals surface area contributed by atoms with Gasteiger partial charge in [0.2, 0.25) is 0 Å². The summed E-state index contributed by atoms with van der Waals surface area (Å²) in [6.07, 6.45) is -0.621. The van der Waals surface area contributed by atoms with E-state index in [2.05, 4.69) is 4.98 Å². The van der Waals surface area contributed by atoms with Gasteiger partial charge in [-0.1, -0.05) is 6.92 Å². The Morgan fingerprint density at radius 2 is 2.33 bits per heavy atom. The van der Waals surface area contributed by atoms with Crippen molar-refractivity contribution in [1.82, 2.24) is 9.55 Å². The Morgan fingerprint density at radius 3 is 2.83 bits per heavy atom. The van der Waals surface area contributed by atoms with Gasteiger partial charge in [-0.25, -0.2) is 4.79 Å². The van der Waals surface area contributed by atoms with Gasteiger partial charge >= 0.3 is 5.69 Å². The predicted molar refractivity (Wildman–Crippen MR) is 63.7 cm³/mol. The fraction of sp³-hybridized carbons (Fsp3) is 0.636. The van der Waals surface area contributed by atoms with Crippen LogP contribution in [0, 0.1) is 0 Å². The highest BCUT2D eigenvalue weighted by atomic mass is 16.6. The molecule has 100 valence electrons. The molecule has 1 aliphatic heterocycles. The maximum Gasteiger partial charge on any atom is 0.351 e. The van der Waals surface area contributed by atoms with E-state index in [4.69, 9.17) is 10.5 Å². The second kappa shape index (κ2) is 4.34. The molecule has 1 aromatic rings. The van der Waals surface area contributed by atoms with Crippen LogP contribution in [0.2, 0.25) is 0 Å². The summed E-state index contributed by atoms with van der Waals surface area (Å²) < 4.78 is 6.66. The summed E-state index contributed by atoms with van der Waals surface area (Å²) >= 11 is 0. The third-order valence-corrected chi connectivity index (χ3v) is 3.26. The number of ether oxygens (including phenoxy) is 1. The number of aliphatic hydroxyl groups is 2. The van der Waals surface area contributed by atoms with Gasteiger partial charge in [0, 0.05) is 6.20 Å². The summed E-state index contributed by atoms with van der Waals surface area (Å²) in [5.41, 5.74) is 3.22. The van der Waals surface area contributed by atoms with Crippen LogP contribution >= 0.6 is 0 Å². The van der Waals surface area contributed by atoms with E-state index in [0.717, 1.165) is 4.57 Å². The van der Waals surface area contributed by atoms with Crippen LogP contribution in [-0.2, 0) is 4.74 Å². The number of anilines is 1. The fourth-order valence-electron chi connectivity index (χ4n) is 2.17. The van der Waals surface area contributed by atoms with Gasteiger partial charge in [-0.2, -0.15) is 4.98 Å². The van der Waals surface area contributed by atoms with Crippen LogP contribution in [0.25, 0.3) is 0 Å². The Kier molecular flexibility index (Phi) is 3.14. The van der Waals surface area contributed by atoms with E-state index >= 15 is 0 Å². The third-order valence-electron chi connectivity index (χ3n) is 3.26. The van der Waals surface area contributed by atoms with Gasteiger partial charge in [0.25, 0.3) is 0 Å². The van der Waals surface area contributed by atoms with E-state index in [1.165, 1.54) is 19.2 Å². The van der Waals surface area contributed by atoms with Gasteiger partial charge in [0.1, 0.15) is 17.5 Å². The average molecular weight is 255 g/mol. The van der Waals surface area contributed by atoms with Crippen LogP contribution in [0.4, 0.5) is 5.82 Å². The molecule has 7 nitrogen and oxygen atoms in total. The monoisotopic (exact) mass is 255 g/mol. The second-order valence-corrected chi connectivity index (χ2v) is 4.65. The molecule has 0 aromatic carbocycles. The van der Waals surface area contributed by atoms with E-state index < -0.39 is 29.7 Å². The quantitative estimate of drug-likeness (QED) is 0.641. The number of hydrogen-bond acceptors (Lipinski definition) is 6. The first-order valence-corrected chi connectivity index (χ1v) is 5.78. The van der Waals surface area contributed by atoms with E-state index in [-0.39, 0.29) is 5.82 Å². The van der Waals surface area contributed by atoms with Crippen LogP contribution in [0.1, 0.15) is 26.5 Å². The molecular weight excluding hydrogens is 238 g/mol. The predicted octanol–water partition coefficient (Wildman–Crippen LogP) is -0.755. The molecule has 1 aromatic heterocycles. The minimum atomic E-state index is -1.55. The van der Waals surface area contributed by atoms with E-state index in [0.29, 0.717) is 6.42 Å². The fourth-order valence-corrected chi connectivity index (χ4v) is 2.17. The van der Waals surface area contributed by atoms with Crippen LogP contribution in [0.3, 0.4) is 0 Å². The lowest BCUT2D eigenvalue weighted by Crippen LogP contribution is -2.45. The number of aliphatic hydroxyl groups excluding tert-OH is 1. The molecule has 0 spiro atoms. The topological polar surface area (TPSA) is 111 Å². The Labute approximate surface area is 104 Å². The Balaban J connectivity index is 2.42. The Morgan fingerprint density at radius 1 is 1.67 bits per heavy atom. The zero-order valence-corrected chi connectivity index (χ0v) is 10.3. The summed E-state index contributed by atoms with van der Waals surface area (Å²) in [4.78, 5) is 15.3. The minimum Gasteiger partial charge on any atom is -0.387 e. The van der Waals surface area contributed by atoms with Crippen molar-refractivity contribution < 1.29 is 14.9 Å². The maximum atomic E-state index is 11.7. The first-order chi connectivity index (χ1) is 8.37. The number of rotatable bonds is 2. The molecule has 2 rings (SSSR count). The SMILES string of the molecule is CC[C@H]1O[C@@H](n2ccc(N)nc2=O)C(C)(O)C1O. The zero-order valence-electron chi connectivity index (χ0n) is 10.3. The van der Waals surface area contributed by atoms with Gasteiger partial charge in [0.05, 0.1) is 6.10 Å². The van der Waals surface area contributed by atoms with Crippen molar-refractivity contribution in [2.45, 2.75) is 44.3 Å². The average Bonchev–Trinajstić information content (AvgIpc) is 2.52. The molecular formula is C11H17N3O4. The van der Waals surface area contributed by atoms with Crippen LogP contribution < -0.4 is 11.4 Å². The highest BCUT2D eigenvalue weighted by molar-refractivity contribution is 5.23. The smallest absolute Gasteiger partial charge is 0.351 e. The van der Waals surface area contributed by atoms with E-state index in [9.17, 15) is 15.0 Å². The first kappa shape index (κ1) is 13.0. The lowest BCUT2D eigenvalue weighted by molar-refractivity contribution is -0.0975. The number of nitrogens with zero attached hydrogens (tertiary/aromatic N) is 2. The number of aromatic nitrogens is 2. The van der Waals surface area contributed by atoms with Crippen molar-refractivity contribution in [2.75, 3.05) is 5.73 Å². The van der Waals surface area contributed by atoms with Crippen LogP contribution in [0.5, 0.6) is 0 Å². The van der Waals surface area contributed by atoms with Crippen molar-refractivity contribution in [1.29, 1.82) is 0 Å². The molecule has 1 aliphatic rings. The van der Waals surface area contributed by atoms with Crippen LogP contribution in [-0.4, -0.2) is 37.6 Å². The first-order valence-electron chi connectivity index (χ1n) is 5.78. The van der Waals surface area contributed by atoms with Gasteiger partial charge in [-0.05, 0) is 19.4 Å². The molecule has 18 heavy (non-hydrogen) atoms. The van der Waals surface area contributed by atoms with Gasteiger partial charge in [0.15, 0.2) is 6.23 Å². The highest BCUT2D eigenvalue weighted by Crippen LogP contribution is 2.38. The third kappa shape index (κ3) is 1.90. The molecule has 0 radical (unpaired) electrons. The Hall–Kier alpha value is -1.44. The molecule has 2 unspecified atom stereocenters. The van der Waals surface area contributed by atoms with E-state index in [1.54, 1.807) is 0 Å². The lowest BCUT2D eigenvalue weighted by Gasteiger charge is -2.27. The zero-order chi connectivity index (χ0) is 13.5. The van der Waals surface area contributed by atoms with Gasteiger partial charge in [-0.15, -0.1) is 0 Å². The summed E-state index contributed by atoms with van der Waals surface area (Å²) in [7, 11) is 0. The maximum absolute atomic E-state index is 11.7. The standard InChI is InChI=1S/C11H17N3O4/c1-3-6-8(15)11(2,17)9(18-6)14-5-4-7(12)13-10(14)16/h4-6,8-9,15,17H,3H2,1-2H3,(H2,12,13,16)/t6-,8?,9-,11?/m1/s1. The van der Waals surface area contributed by atoms with Crippen molar-refractivity contribution in [3.05, 3.63) is 22.7 Å². The van der Waals surface area contributed by atoms with Crippen molar-refractivity contribution in [2.24, 2.45) is 0 Å². The summed E-state index contributed by atoms with van der Waals surface area (Å²) in [6.45, 7) is 3.26. The summed E-state index contributed by atoms with van der Waals surface area (Å²) in [5, 5.41) is 20.2. The number of nitrogens with two attached hydrogens (primary N) is 1. The lowest BCUT2D eigenvalue weighted by atomic mass is 9.95. The summed E-state index contributed by atoms with van der Waals surface area (Å²) in [5.74, 6) is 0.0986. The molecule has 0 aliphatic carbocycles.